The maximum absolute atomic E-state index is 13.0. The van der Waals surface area contributed by atoms with Crippen LogP contribution in [0, 0.1) is 0 Å². The third-order valence-corrected chi connectivity index (χ3v) is 6.47. The number of anilines is 1. The summed E-state index contributed by atoms with van der Waals surface area (Å²) in [7, 11) is 0. The zero-order chi connectivity index (χ0) is 26.3. The van der Waals surface area contributed by atoms with Crippen molar-refractivity contribution in [1.82, 2.24) is 9.80 Å². The van der Waals surface area contributed by atoms with E-state index < -0.39 is 16.8 Å². The standard InChI is InChI=1S/C27H29ClF3N3O3/c28-25-7-4-21(19-24(25)27(29,30)31)32-26(35)8-3-20-1-5-22(6-2-20)37-23-9-11-33(12-10-23)13-14-34-15-17-36-18-16-34/h1-2,4-7,9-11,19H,3,8,12-18H2,(H,32,35). The summed E-state index contributed by atoms with van der Waals surface area (Å²) in [5.41, 5.74) is -0.0119. The molecule has 0 unspecified atom stereocenters. The van der Waals surface area contributed by atoms with Crippen molar-refractivity contribution in [3.8, 4) is 5.75 Å². The Morgan fingerprint density at radius 3 is 2.51 bits per heavy atom. The second kappa shape index (κ2) is 12.5. The molecular formula is C27H29ClF3N3O3. The number of allylic oxidation sites excluding steroid dienone is 1. The number of morpholine rings is 1. The number of ether oxygens (including phenoxy) is 2. The van der Waals surface area contributed by atoms with Gasteiger partial charge in [0.1, 0.15) is 11.5 Å². The number of halogens is 4. The van der Waals surface area contributed by atoms with Gasteiger partial charge in [0.15, 0.2) is 0 Å². The summed E-state index contributed by atoms with van der Waals surface area (Å²) in [6.07, 6.45) is 2.00. The molecule has 2 aliphatic heterocycles. The van der Waals surface area contributed by atoms with E-state index in [9.17, 15) is 18.0 Å². The van der Waals surface area contributed by atoms with E-state index in [4.69, 9.17) is 21.1 Å². The Morgan fingerprint density at radius 1 is 1.08 bits per heavy atom. The van der Waals surface area contributed by atoms with Crippen molar-refractivity contribution in [1.29, 1.82) is 0 Å². The minimum Gasteiger partial charge on any atom is -0.458 e. The van der Waals surface area contributed by atoms with Gasteiger partial charge in [-0.2, -0.15) is 13.2 Å². The molecule has 10 heteroatoms. The van der Waals surface area contributed by atoms with E-state index in [0.717, 1.165) is 69.4 Å². The molecule has 0 saturated carbocycles. The lowest BCUT2D eigenvalue weighted by atomic mass is 10.1. The van der Waals surface area contributed by atoms with Crippen molar-refractivity contribution >= 4 is 23.2 Å². The molecule has 2 aromatic rings. The van der Waals surface area contributed by atoms with Crippen LogP contribution in [-0.2, 0) is 22.1 Å². The number of alkyl halides is 3. The van der Waals surface area contributed by atoms with E-state index in [1.165, 1.54) is 6.07 Å². The van der Waals surface area contributed by atoms with Gasteiger partial charge in [-0.15, -0.1) is 0 Å². The lowest BCUT2D eigenvalue weighted by molar-refractivity contribution is -0.137. The summed E-state index contributed by atoms with van der Waals surface area (Å²) < 4.78 is 50.3. The van der Waals surface area contributed by atoms with E-state index >= 15 is 0 Å². The Balaban J connectivity index is 1.20. The van der Waals surface area contributed by atoms with Crippen LogP contribution in [0.2, 0.25) is 5.02 Å². The monoisotopic (exact) mass is 535 g/mol. The molecule has 1 amide bonds. The van der Waals surface area contributed by atoms with Gasteiger partial charge in [-0.05, 0) is 54.5 Å². The van der Waals surface area contributed by atoms with Gasteiger partial charge < -0.3 is 19.7 Å². The quantitative estimate of drug-likeness (QED) is 0.469. The number of nitrogens with zero attached hydrogens (tertiary/aromatic N) is 2. The zero-order valence-electron chi connectivity index (χ0n) is 20.3. The molecular weight excluding hydrogens is 507 g/mol. The van der Waals surface area contributed by atoms with Crippen molar-refractivity contribution in [3.05, 3.63) is 82.7 Å². The molecule has 2 heterocycles. The molecule has 0 atom stereocenters. The van der Waals surface area contributed by atoms with E-state index in [0.29, 0.717) is 12.2 Å². The molecule has 0 spiro atoms. The molecule has 0 aliphatic carbocycles. The molecule has 0 radical (unpaired) electrons. The Hall–Kier alpha value is -3.01. The van der Waals surface area contributed by atoms with Crippen molar-refractivity contribution in [3.63, 3.8) is 0 Å². The van der Waals surface area contributed by atoms with Gasteiger partial charge in [0, 0.05) is 51.0 Å². The van der Waals surface area contributed by atoms with Crippen molar-refractivity contribution in [2.75, 3.05) is 51.3 Å². The van der Waals surface area contributed by atoms with Gasteiger partial charge >= 0.3 is 6.18 Å². The van der Waals surface area contributed by atoms with Gasteiger partial charge in [0.2, 0.25) is 5.91 Å². The minimum absolute atomic E-state index is 0.0546. The molecule has 198 valence electrons. The summed E-state index contributed by atoms with van der Waals surface area (Å²) in [4.78, 5) is 16.9. The number of carbonyl (C=O) groups is 1. The number of nitrogens with one attached hydrogen (secondary N) is 1. The molecule has 2 aromatic carbocycles. The summed E-state index contributed by atoms with van der Waals surface area (Å²) in [5.74, 6) is 1.08. The van der Waals surface area contributed by atoms with Gasteiger partial charge in [0.05, 0.1) is 23.8 Å². The van der Waals surface area contributed by atoms with Crippen molar-refractivity contribution < 1.29 is 27.4 Å². The van der Waals surface area contributed by atoms with Gasteiger partial charge in [-0.3, -0.25) is 9.69 Å². The fourth-order valence-electron chi connectivity index (χ4n) is 4.01. The Morgan fingerprint density at radius 2 is 1.84 bits per heavy atom. The largest absolute Gasteiger partial charge is 0.458 e. The average molecular weight is 536 g/mol. The highest BCUT2D eigenvalue weighted by atomic mass is 35.5. The van der Waals surface area contributed by atoms with Crippen molar-refractivity contribution in [2.24, 2.45) is 0 Å². The predicted molar refractivity (Wildman–Crippen MR) is 137 cm³/mol. The second-order valence-corrected chi connectivity index (χ2v) is 9.26. The minimum atomic E-state index is -4.59. The smallest absolute Gasteiger partial charge is 0.417 e. The van der Waals surface area contributed by atoms with E-state index in [1.807, 2.05) is 42.6 Å². The first-order valence-electron chi connectivity index (χ1n) is 12.1. The molecule has 1 fully saturated rings. The van der Waals surface area contributed by atoms with Crippen LogP contribution in [-0.4, -0.2) is 61.6 Å². The van der Waals surface area contributed by atoms with Gasteiger partial charge in [0.25, 0.3) is 0 Å². The third-order valence-electron chi connectivity index (χ3n) is 6.14. The molecule has 0 bridgehead atoms. The van der Waals surface area contributed by atoms with Crippen LogP contribution in [0.3, 0.4) is 0 Å². The number of carbonyl (C=O) groups excluding carboxylic acids is 1. The van der Waals surface area contributed by atoms with Crippen LogP contribution in [0.4, 0.5) is 18.9 Å². The molecule has 0 aromatic heterocycles. The average Bonchev–Trinajstić information content (AvgIpc) is 2.89. The van der Waals surface area contributed by atoms with Crippen LogP contribution >= 0.6 is 11.6 Å². The molecule has 37 heavy (non-hydrogen) atoms. The first kappa shape index (κ1) is 27.0. The molecule has 1 N–H and O–H groups in total. The predicted octanol–water partition coefficient (Wildman–Crippen LogP) is 5.35. The van der Waals surface area contributed by atoms with Crippen molar-refractivity contribution in [2.45, 2.75) is 19.0 Å². The van der Waals surface area contributed by atoms with Crippen LogP contribution in [0.5, 0.6) is 5.75 Å². The topological polar surface area (TPSA) is 54.0 Å². The Kier molecular flexibility index (Phi) is 9.13. The summed E-state index contributed by atoms with van der Waals surface area (Å²) in [6.45, 7) is 6.29. The Labute approximate surface area is 219 Å². The van der Waals surface area contributed by atoms with E-state index in [-0.39, 0.29) is 18.0 Å². The zero-order valence-corrected chi connectivity index (χ0v) is 21.0. The van der Waals surface area contributed by atoms with E-state index in [2.05, 4.69) is 15.1 Å². The SMILES string of the molecule is O=C(CCc1ccc(OC2=CCN(CCN3CCOCC3)C=C2)cc1)Nc1ccc(Cl)c(C(F)(F)F)c1. The fraction of sp³-hybridized carbons (Fsp3) is 0.370. The molecule has 2 aliphatic rings. The molecule has 6 nitrogen and oxygen atoms in total. The first-order chi connectivity index (χ1) is 17.8. The Bertz CT molecular complexity index is 1130. The maximum Gasteiger partial charge on any atom is 0.417 e. The third kappa shape index (κ3) is 8.24. The normalized spacial score (nSPS) is 16.4. The number of hydrogen-bond acceptors (Lipinski definition) is 5. The van der Waals surface area contributed by atoms with Crippen LogP contribution in [0.1, 0.15) is 17.5 Å². The van der Waals surface area contributed by atoms with Crippen LogP contribution in [0.15, 0.2) is 66.6 Å². The fourth-order valence-corrected chi connectivity index (χ4v) is 4.24. The number of rotatable bonds is 9. The molecule has 4 rings (SSSR count). The van der Waals surface area contributed by atoms with Crippen LogP contribution < -0.4 is 10.1 Å². The van der Waals surface area contributed by atoms with Crippen LogP contribution in [0.25, 0.3) is 0 Å². The summed E-state index contributed by atoms with van der Waals surface area (Å²) >= 11 is 5.62. The lowest BCUT2D eigenvalue weighted by Crippen LogP contribution is -2.40. The van der Waals surface area contributed by atoms with E-state index in [1.54, 1.807) is 0 Å². The summed E-state index contributed by atoms with van der Waals surface area (Å²) in [5, 5.41) is 2.09. The highest BCUT2D eigenvalue weighted by Crippen LogP contribution is 2.36. The maximum atomic E-state index is 13.0. The molecule has 1 saturated heterocycles. The number of aryl methyl sites for hydroxylation is 1. The van der Waals surface area contributed by atoms with Gasteiger partial charge in [-0.1, -0.05) is 23.7 Å². The lowest BCUT2D eigenvalue weighted by Gasteiger charge is -2.30. The number of amides is 1. The summed E-state index contributed by atoms with van der Waals surface area (Å²) in [6, 6.07) is 10.7. The number of hydrogen-bond donors (Lipinski definition) is 1. The highest BCUT2D eigenvalue weighted by molar-refractivity contribution is 6.31. The first-order valence-corrected chi connectivity index (χ1v) is 12.5. The second-order valence-electron chi connectivity index (χ2n) is 8.86. The van der Waals surface area contributed by atoms with Gasteiger partial charge in [-0.25, -0.2) is 0 Å². The number of benzene rings is 2. The highest BCUT2D eigenvalue weighted by Gasteiger charge is 2.33.